The van der Waals surface area contributed by atoms with E-state index in [0.29, 0.717) is 0 Å². The van der Waals surface area contributed by atoms with Crippen LogP contribution in [0.5, 0.6) is 0 Å². The summed E-state index contributed by atoms with van der Waals surface area (Å²) < 4.78 is 0. The summed E-state index contributed by atoms with van der Waals surface area (Å²) in [6, 6.07) is 0. The Morgan fingerprint density at radius 3 is 1.55 bits per heavy atom. The minimum absolute atomic E-state index is 0.719. The molecule has 1 aliphatic rings. The Morgan fingerprint density at radius 2 is 1.25 bits per heavy atom. The molecule has 0 heteroatoms. The highest BCUT2D eigenvalue weighted by molar-refractivity contribution is 5.25. The van der Waals surface area contributed by atoms with Gasteiger partial charge in [0.25, 0.3) is 0 Å². The number of hydrogen-bond donors (Lipinski definition) is 0. The van der Waals surface area contributed by atoms with Gasteiger partial charge in [-0.3, -0.25) is 0 Å². The average molecular weight is 281 g/mol. The lowest BCUT2D eigenvalue weighted by Crippen LogP contribution is -2.33. The highest BCUT2D eigenvalue weighted by atomic mass is 14.4. The minimum Gasteiger partial charge on any atom is -0.0683 e. The highest BCUT2D eigenvalue weighted by Crippen LogP contribution is 2.47. The van der Waals surface area contributed by atoms with Crippen LogP contribution >= 0.6 is 0 Å². The summed E-state index contributed by atoms with van der Waals surface area (Å²) >= 11 is 0. The van der Waals surface area contributed by atoms with Crippen LogP contribution in [0.15, 0.2) is 11.1 Å². The monoisotopic (exact) mass is 280 g/mol. The van der Waals surface area contributed by atoms with Gasteiger partial charge in [-0.2, -0.15) is 0 Å². The van der Waals surface area contributed by atoms with Crippen LogP contribution in [0, 0.1) is 35.5 Å². The largest absolute Gasteiger partial charge is 0.0683 e. The quantitative estimate of drug-likeness (QED) is 0.488. The smallest absolute Gasteiger partial charge is 0.0144 e. The molecule has 0 spiro atoms. The fourth-order valence-electron chi connectivity index (χ4n) is 4.07. The minimum atomic E-state index is 0.719. The third kappa shape index (κ3) is 4.64. The second kappa shape index (κ2) is 8.90. The Balaban J connectivity index is 0.00000172. The maximum Gasteiger partial charge on any atom is -0.0144 e. The first kappa shape index (κ1) is 19.7. The molecule has 0 nitrogen and oxygen atoms in total. The van der Waals surface area contributed by atoms with E-state index >= 15 is 0 Å². The summed E-state index contributed by atoms with van der Waals surface area (Å²) in [7, 11) is 0. The molecule has 0 saturated carbocycles. The molecule has 1 aliphatic carbocycles. The van der Waals surface area contributed by atoms with Gasteiger partial charge in [0.15, 0.2) is 0 Å². The van der Waals surface area contributed by atoms with Crippen molar-refractivity contribution in [2.75, 3.05) is 0 Å². The second-order valence-corrected chi connectivity index (χ2v) is 7.51. The standard InChI is InChI=1S/C18H34.C2H6/c1-11(2)15-9-10-16(12(3)4)18(14(7)8)17(15)13(5)6;1-2/h11-15,17H,9-10H2,1-8H3;1-2H3. The van der Waals surface area contributed by atoms with Gasteiger partial charge < -0.3 is 0 Å². The van der Waals surface area contributed by atoms with E-state index in [9.17, 15) is 0 Å². The molecule has 0 amide bonds. The van der Waals surface area contributed by atoms with E-state index in [0.717, 1.165) is 35.5 Å². The van der Waals surface area contributed by atoms with E-state index < -0.39 is 0 Å². The molecule has 0 bridgehead atoms. The number of rotatable bonds is 4. The molecular formula is C20H40. The zero-order valence-corrected chi connectivity index (χ0v) is 15.9. The van der Waals surface area contributed by atoms with Crippen molar-refractivity contribution >= 4 is 0 Å². The summed E-state index contributed by atoms with van der Waals surface area (Å²) in [5.74, 6) is 4.76. The summed E-state index contributed by atoms with van der Waals surface area (Å²) in [6.07, 6.45) is 2.75. The Labute approximate surface area is 129 Å². The Hall–Kier alpha value is -0.260. The number of allylic oxidation sites excluding steroid dienone is 2. The van der Waals surface area contributed by atoms with Crippen LogP contribution < -0.4 is 0 Å². The highest BCUT2D eigenvalue weighted by Gasteiger charge is 2.36. The van der Waals surface area contributed by atoms with Gasteiger partial charge in [0.05, 0.1) is 0 Å². The van der Waals surface area contributed by atoms with Crippen molar-refractivity contribution in [1.29, 1.82) is 0 Å². The third-order valence-corrected chi connectivity index (χ3v) is 4.83. The number of hydrogen-bond acceptors (Lipinski definition) is 0. The van der Waals surface area contributed by atoms with Crippen LogP contribution in [0.4, 0.5) is 0 Å². The second-order valence-electron chi connectivity index (χ2n) is 7.51. The van der Waals surface area contributed by atoms with Gasteiger partial charge in [0.2, 0.25) is 0 Å². The molecule has 0 fully saturated rings. The van der Waals surface area contributed by atoms with Crippen molar-refractivity contribution in [3.63, 3.8) is 0 Å². The predicted molar refractivity (Wildman–Crippen MR) is 93.9 cm³/mol. The van der Waals surface area contributed by atoms with E-state index in [1.807, 2.05) is 19.4 Å². The van der Waals surface area contributed by atoms with Gasteiger partial charge in [0, 0.05) is 0 Å². The summed E-state index contributed by atoms with van der Waals surface area (Å²) in [5, 5.41) is 0. The maximum absolute atomic E-state index is 2.42. The Morgan fingerprint density at radius 1 is 0.750 bits per heavy atom. The van der Waals surface area contributed by atoms with Crippen molar-refractivity contribution < 1.29 is 0 Å². The molecule has 2 atom stereocenters. The van der Waals surface area contributed by atoms with Crippen molar-refractivity contribution in [3.05, 3.63) is 11.1 Å². The molecule has 0 aromatic rings. The summed E-state index contributed by atoms with van der Waals surface area (Å²) in [4.78, 5) is 0. The SMILES string of the molecule is CC.CC(C)C1=C(C(C)C)C(C(C)C)C(C(C)C)CC1. The van der Waals surface area contributed by atoms with E-state index in [1.165, 1.54) is 12.8 Å². The van der Waals surface area contributed by atoms with Gasteiger partial charge >= 0.3 is 0 Å². The van der Waals surface area contributed by atoms with Crippen LogP contribution in [0.2, 0.25) is 0 Å². The molecule has 0 aromatic heterocycles. The van der Waals surface area contributed by atoms with E-state index in [4.69, 9.17) is 0 Å². The fourth-order valence-corrected chi connectivity index (χ4v) is 4.07. The Bertz CT molecular complexity index is 291. The van der Waals surface area contributed by atoms with Crippen LogP contribution in [0.25, 0.3) is 0 Å². The molecule has 0 aliphatic heterocycles. The van der Waals surface area contributed by atoms with Crippen LogP contribution in [0.3, 0.4) is 0 Å². The summed E-state index contributed by atoms with van der Waals surface area (Å²) in [5.41, 5.74) is 3.59. The first-order valence-corrected chi connectivity index (χ1v) is 9.00. The predicted octanol–water partition coefficient (Wildman–Crippen LogP) is 6.96. The van der Waals surface area contributed by atoms with Crippen LogP contribution in [-0.2, 0) is 0 Å². The van der Waals surface area contributed by atoms with Gasteiger partial charge in [-0.25, -0.2) is 0 Å². The van der Waals surface area contributed by atoms with Gasteiger partial charge in [-0.05, 0) is 48.3 Å². The lowest BCUT2D eigenvalue weighted by molar-refractivity contribution is 0.187. The van der Waals surface area contributed by atoms with E-state index in [1.54, 1.807) is 5.57 Å². The van der Waals surface area contributed by atoms with E-state index in [-0.39, 0.29) is 0 Å². The first-order valence-electron chi connectivity index (χ1n) is 9.00. The van der Waals surface area contributed by atoms with Crippen LogP contribution in [0.1, 0.15) is 82.1 Å². The molecule has 1 rings (SSSR count). The Kier molecular flexibility index (Phi) is 8.79. The van der Waals surface area contributed by atoms with Gasteiger partial charge in [-0.1, -0.05) is 80.4 Å². The van der Waals surface area contributed by atoms with Crippen molar-refractivity contribution in [2.24, 2.45) is 35.5 Å². The maximum atomic E-state index is 2.42. The lowest BCUT2D eigenvalue weighted by Gasteiger charge is -2.43. The molecule has 0 heterocycles. The molecule has 0 aromatic carbocycles. The molecule has 0 N–H and O–H groups in total. The first-order chi connectivity index (χ1) is 9.27. The van der Waals surface area contributed by atoms with Crippen molar-refractivity contribution in [3.8, 4) is 0 Å². The molecular weight excluding hydrogens is 240 g/mol. The molecule has 0 radical (unpaired) electrons. The zero-order valence-electron chi connectivity index (χ0n) is 15.9. The van der Waals surface area contributed by atoms with Crippen LogP contribution in [-0.4, -0.2) is 0 Å². The van der Waals surface area contributed by atoms with Gasteiger partial charge in [-0.15, -0.1) is 0 Å². The normalized spacial score (nSPS) is 23.7. The molecule has 0 saturated heterocycles. The van der Waals surface area contributed by atoms with Crippen molar-refractivity contribution in [2.45, 2.75) is 82.1 Å². The van der Waals surface area contributed by atoms with Crippen molar-refractivity contribution in [1.82, 2.24) is 0 Å². The molecule has 120 valence electrons. The topological polar surface area (TPSA) is 0 Å². The van der Waals surface area contributed by atoms with Gasteiger partial charge in [0.1, 0.15) is 0 Å². The molecule has 20 heavy (non-hydrogen) atoms. The lowest BCUT2D eigenvalue weighted by atomic mass is 9.62. The third-order valence-electron chi connectivity index (χ3n) is 4.83. The van der Waals surface area contributed by atoms with E-state index in [2.05, 4.69) is 55.4 Å². The fraction of sp³-hybridized carbons (Fsp3) is 0.900. The average Bonchev–Trinajstić information content (AvgIpc) is 2.38. The summed E-state index contributed by atoms with van der Waals surface area (Å²) in [6.45, 7) is 23.2. The molecule has 2 unspecified atom stereocenters. The zero-order chi connectivity index (χ0) is 16.0.